The number of esters is 1. The van der Waals surface area contributed by atoms with Gasteiger partial charge in [-0.05, 0) is 73.5 Å². The van der Waals surface area contributed by atoms with Crippen molar-refractivity contribution in [2.75, 3.05) is 34.9 Å². The zero-order valence-corrected chi connectivity index (χ0v) is 39.7. The number of aldehydes is 1. The monoisotopic (exact) mass is 916 g/mol. The molecule has 21 atom stereocenters. The number of allylic oxidation sites excluding steroid dienone is 3. The van der Waals surface area contributed by atoms with Crippen LogP contribution >= 0.6 is 0 Å². The highest BCUT2D eigenvalue weighted by molar-refractivity contribution is 5.91. The van der Waals surface area contributed by atoms with E-state index in [1.54, 1.807) is 59.7 Å². The molecule has 4 rings (SSSR count). The molecule has 18 nitrogen and oxygen atoms in total. The molecule has 3 fully saturated rings. The fourth-order valence-electron chi connectivity index (χ4n) is 9.51. The molecule has 0 aromatic heterocycles. The minimum atomic E-state index is -1.49. The maximum Gasteiger partial charge on any atom is 0.308 e. The lowest BCUT2D eigenvalue weighted by atomic mass is 9.79. The number of aliphatic hydroxyl groups excluding tert-OH is 4. The largest absolute Gasteiger partial charge is 0.462 e. The molecule has 5 N–H and O–H groups in total. The fourth-order valence-corrected chi connectivity index (χ4v) is 9.51. The minimum absolute atomic E-state index is 0.00788. The molecule has 4 aliphatic heterocycles. The first kappa shape index (κ1) is 54.3. The quantitative estimate of drug-likeness (QED) is 0.131. The van der Waals surface area contributed by atoms with Crippen LogP contribution in [0.3, 0.4) is 0 Å². The van der Waals surface area contributed by atoms with Crippen molar-refractivity contribution in [1.29, 1.82) is 0 Å². The number of carbonyl (C=O) groups excluding carboxylic acids is 3. The third-order valence-corrected chi connectivity index (χ3v) is 13.4. The number of ketones is 1. The number of carbonyl (C=O) groups is 3. The lowest BCUT2D eigenvalue weighted by Gasteiger charge is -2.50. The standard InChI is InChI=1S/C46H77NO17/c1-13-33-30(22-58-45-42(57-12)41(56-11)37(52)26(5)60-45)18-23(2)14-15-31(49)24(3)19-29(16-17-48)39(25(4)32(50)20-34(51)62-33)64-44-38(53)36(47(9)10)40(27(6)61-44)63-35-21-46(8,55)43(54)28(7)59-35/h14-15,17-18,24-30,32-33,35-45,50,52-55H,13,16,19-22H2,1-12H3/b15-14+,23-18+/t24-,25?,26-,27-,28+,29+,30?,32-,33-,35+,36-,37-,38-,39-,40-,41-,42-,43+,44+,45?,46-/m1/s1. The normalized spacial score (nSPS) is 45.9. The fraction of sp³-hybridized carbons (Fsp3) is 0.848. The molecule has 0 spiro atoms. The first-order valence-electron chi connectivity index (χ1n) is 22.7. The average molecular weight is 916 g/mol. The number of hydrogen-bond donors (Lipinski definition) is 5. The SMILES string of the molecule is CC[C@H]1OC(=O)C[C@@H](O)C(C)[C@@H](O[C@@H]2O[C@H](C)[C@@H](O[C@H]3C[C@@](C)(O)[C@@H](O)[C@H](C)O3)[C@H](N(C)C)[C@H]2O)[C@@H](CC=O)C[C@@H](C)C(=O)/C=C/C(C)=C/C1COC1O[C@H](C)[C@@H](O)[C@@H](OC)[C@H]1OC. The van der Waals surface area contributed by atoms with Gasteiger partial charge in [-0.15, -0.1) is 0 Å². The molecular weight excluding hydrogens is 838 g/mol. The topological polar surface area (TPSA) is 239 Å². The Hall–Kier alpha value is -2.27. The van der Waals surface area contributed by atoms with Crippen LogP contribution in [0.4, 0.5) is 0 Å². The maximum absolute atomic E-state index is 13.8. The van der Waals surface area contributed by atoms with Crippen LogP contribution < -0.4 is 0 Å². The van der Waals surface area contributed by atoms with Gasteiger partial charge in [0.2, 0.25) is 0 Å². The van der Waals surface area contributed by atoms with Crippen molar-refractivity contribution >= 4 is 18.0 Å². The van der Waals surface area contributed by atoms with Gasteiger partial charge in [0, 0.05) is 44.8 Å². The van der Waals surface area contributed by atoms with Crippen molar-refractivity contribution in [3.8, 4) is 0 Å². The van der Waals surface area contributed by atoms with Gasteiger partial charge in [-0.1, -0.05) is 38.5 Å². The van der Waals surface area contributed by atoms with Gasteiger partial charge in [-0.3, -0.25) is 9.59 Å². The van der Waals surface area contributed by atoms with Crippen LogP contribution in [0.15, 0.2) is 23.8 Å². The number of rotatable bonds is 13. The summed E-state index contributed by atoms with van der Waals surface area (Å²) in [6.45, 7) is 13.6. The van der Waals surface area contributed by atoms with E-state index >= 15 is 0 Å². The molecule has 0 bridgehead atoms. The lowest BCUT2D eigenvalue weighted by Crippen LogP contribution is -2.65. The zero-order valence-electron chi connectivity index (χ0n) is 39.7. The number of methoxy groups -OCH3 is 2. The summed E-state index contributed by atoms with van der Waals surface area (Å²) >= 11 is 0. The van der Waals surface area contributed by atoms with E-state index < -0.39 is 140 Å². The van der Waals surface area contributed by atoms with Crippen LogP contribution in [0.5, 0.6) is 0 Å². The van der Waals surface area contributed by atoms with Gasteiger partial charge >= 0.3 is 5.97 Å². The van der Waals surface area contributed by atoms with Crippen LogP contribution in [-0.2, 0) is 57.0 Å². The van der Waals surface area contributed by atoms with Crippen LogP contribution in [-0.4, -0.2) is 187 Å². The second kappa shape index (κ2) is 24.1. The van der Waals surface area contributed by atoms with Crippen LogP contribution in [0.2, 0.25) is 0 Å². The molecule has 64 heavy (non-hydrogen) atoms. The Bertz CT molecular complexity index is 1560. The Balaban J connectivity index is 1.62. The molecule has 4 aliphatic rings. The molecule has 0 radical (unpaired) electrons. The van der Waals surface area contributed by atoms with E-state index in [9.17, 15) is 39.9 Å². The highest BCUT2D eigenvalue weighted by atomic mass is 16.7. The number of nitrogens with zero attached hydrogens (tertiary/aromatic N) is 1. The Labute approximate surface area is 378 Å². The third-order valence-electron chi connectivity index (χ3n) is 13.4. The van der Waals surface area contributed by atoms with Gasteiger partial charge in [0.25, 0.3) is 0 Å². The van der Waals surface area contributed by atoms with E-state index in [1.165, 1.54) is 27.2 Å². The number of hydrogen-bond acceptors (Lipinski definition) is 18. The molecular formula is C46H77NO17. The van der Waals surface area contributed by atoms with Gasteiger partial charge < -0.3 is 77.9 Å². The molecule has 368 valence electrons. The van der Waals surface area contributed by atoms with Gasteiger partial charge in [0.1, 0.15) is 49.0 Å². The van der Waals surface area contributed by atoms with Gasteiger partial charge in [-0.25, -0.2) is 0 Å². The van der Waals surface area contributed by atoms with E-state index in [1.807, 2.05) is 19.9 Å². The van der Waals surface area contributed by atoms with Gasteiger partial charge in [0.15, 0.2) is 24.7 Å². The van der Waals surface area contributed by atoms with Crippen molar-refractivity contribution in [2.45, 2.75) is 191 Å². The molecule has 18 heteroatoms. The van der Waals surface area contributed by atoms with E-state index in [4.69, 9.17) is 42.6 Å². The summed E-state index contributed by atoms with van der Waals surface area (Å²) in [4.78, 5) is 41.5. The second-order valence-corrected chi connectivity index (χ2v) is 18.7. The Morgan fingerprint density at radius 3 is 2.11 bits per heavy atom. The lowest BCUT2D eigenvalue weighted by molar-refractivity contribution is -0.341. The molecule has 0 saturated carbocycles. The summed E-state index contributed by atoms with van der Waals surface area (Å²) in [5.41, 5.74) is -0.806. The molecule has 0 aromatic rings. The summed E-state index contributed by atoms with van der Waals surface area (Å²) in [7, 11) is 6.43. The summed E-state index contributed by atoms with van der Waals surface area (Å²) in [5, 5.41) is 55.8. The van der Waals surface area contributed by atoms with Gasteiger partial charge in [-0.2, -0.15) is 0 Å². The van der Waals surface area contributed by atoms with Crippen molar-refractivity contribution in [3.63, 3.8) is 0 Å². The molecule has 3 unspecified atom stereocenters. The van der Waals surface area contributed by atoms with Crippen molar-refractivity contribution in [2.24, 2.45) is 23.7 Å². The highest BCUT2D eigenvalue weighted by Crippen LogP contribution is 2.37. The predicted octanol–water partition coefficient (Wildman–Crippen LogP) is 1.83. The smallest absolute Gasteiger partial charge is 0.308 e. The second-order valence-electron chi connectivity index (χ2n) is 18.7. The summed E-state index contributed by atoms with van der Waals surface area (Å²) in [6, 6.07) is -0.748. The van der Waals surface area contributed by atoms with Crippen LogP contribution in [0, 0.1) is 23.7 Å². The zero-order chi connectivity index (χ0) is 47.8. The summed E-state index contributed by atoms with van der Waals surface area (Å²) in [5.74, 6) is -3.59. The highest BCUT2D eigenvalue weighted by Gasteiger charge is 2.52. The van der Waals surface area contributed by atoms with E-state index in [0.29, 0.717) is 12.0 Å². The number of cyclic esters (lactones) is 1. The number of aliphatic hydroxyl groups is 5. The summed E-state index contributed by atoms with van der Waals surface area (Å²) < 4.78 is 54.7. The van der Waals surface area contributed by atoms with Crippen molar-refractivity contribution in [3.05, 3.63) is 23.8 Å². The predicted molar refractivity (Wildman–Crippen MR) is 230 cm³/mol. The molecule has 0 aromatic carbocycles. The Morgan fingerprint density at radius 2 is 1.52 bits per heavy atom. The maximum atomic E-state index is 13.8. The van der Waals surface area contributed by atoms with Gasteiger partial charge in [0.05, 0.1) is 55.2 Å². The molecule has 4 heterocycles. The van der Waals surface area contributed by atoms with Crippen LogP contribution in [0.25, 0.3) is 0 Å². The molecule has 3 saturated heterocycles. The average Bonchev–Trinajstić information content (AvgIpc) is 3.23. The van der Waals surface area contributed by atoms with Crippen molar-refractivity contribution in [1.82, 2.24) is 4.90 Å². The summed E-state index contributed by atoms with van der Waals surface area (Å²) in [6.07, 6.45) is -8.49. The molecule has 0 amide bonds. The third kappa shape index (κ3) is 13.5. The number of likely N-dealkylation sites (N-methyl/N-ethyl adjacent to an activating group) is 1. The Morgan fingerprint density at radius 1 is 0.859 bits per heavy atom. The van der Waals surface area contributed by atoms with Crippen molar-refractivity contribution < 1.29 is 82.5 Å². The van der Waals surface area contributed by atoms with E-state index in [-0.39, 0.29) is 31.7 Å². The van der Waals surface area contributed by atoms with E-state index in [0.717, 1.165) is 6.29 Å². The first-order valence-corrected chi connectivity index (χ1v) is 22.7. The Kier molecular flexibility index (Phi) is 20.5. The van der Waals surface area contributed by atoms with E-state index in [2.05, 4.69) is 0 Å². The van der Waals surface area contributed by atoms with Crippen LogP contribution in [0.1, 0.15) is 87.5 Å². The minimum Gasteiger partial charge on any atom is -0.462 e. The number of ether oxygens (including phenoxy) is 9. The first-order chi connectivity index (χ1) is 30.1. The molecule has 0 aliphatic carbocycles.